The number of methoxy groups -OCH3 is 1. The summed E-state index contributed by atoms with van der Waals surface area (Å²) in [5.74, 6) is -3.07. The van der Waals surface area contributed by atoms with Crippen LogP contribution in [0.15, 0.2) is 18.2 Å². The summed E-state index contributed by atoms with van der Waals surface area (Å²) >= 11 is 0. The molecule has 0 saturated carbocycles. The molecule has 20 heavy (non-hydrogen) atoms. The van der Waals surface area contributed by atoms with E-state index in [0.29, 0.717) is 5.56 Å². The number of nitrogens with one attached hydrogen (secondary N) is 1. The number of aromatic amines is 1. The molecule has 0 bridgehead atoms. The number of phenols is 1. The Labute approximate surface area is 112 Å². The van der Waals surface area contributed by atoms with Crippen molar-refractivity contribution in [3.63, 3.8) is 0 Å². The number of hydrogen-bond acceptors (Lipinski definition) is 5. The maximum atomic E-state index is 11.0. The van der Waals surface area contributed by atoms with E-state index < -0.39 is 17.7 Å². The van der Waals surface area contributed by atoms with Crippen LogP contribution in [0.3, 0.4) is 0 Å². The highest BCUT2D eigenvalue weighted by atomic mass is 16.5. The van der Waals surface area contributed by atoms with Crippen LogP contribution in [0.4, 0.5) is 0 Å². The van der Waals surface area contributed by atoms with Crippen molar-refractivity contribution < 1.29 is 29.6 Å². The second kappa shape index (κ2) is 4.92. The predicted octanol–water partition coefficient (Wildman–Crippen LogP) is 1.19. The topological polar surface area (TPSA) is 133 Å². The van der Waals surface area contributed by atoms with Crippen LogP contribution in [0.2, 0.25) is 0 Å². The van der Waals surface area contributed by atoms with E-state index in [1.165, 1.54) is 25.3 Å². The first-order valence-corrected chi connectivity index (χ1v) is 5.37. The van der Waals surface area contributed by atoms with Crippen molar-refractivity contribution in [3.8, 4) is 22.8 Å². The summed E-state index contributed by atoms with van der Waals surface area (Å²) in [6, 6.07) is 3.80. The van der Waals surface area contributed by atoms with Gasteiger partial charge in [-0.3, -0.25) is 5.10 Å². The minimum atomic E-state index is -1.34. The molecule has 1 aromatic carbocycles. The maximum absolute atomic E-state index is 11.0. The molecule has 0 aliphatic carbocycles. The summed E-state index contributed by atoms with van der Waals surface area (Å²) in [7, 11) is 1.28. The van der Waals surface area contributed by atoms with Crippen LogP contribution in [-0.2, 0) is 0 Å². The number of benzene rings is 1. The minimum absolute atomic E-state index is 0.0419. The van der Waals surface area contributed by atoms with Crippen molar-refractivity contribution in [1.82, 2.24) is 10.2 Å². The summed E-state index contributed by atoms with van der Waals surface area (Å²) in [6.07, 6.45) is 0. The monoisotopic (exact) mass is 278 g/mol. The number of carbonyl (C=O) groups is 2. The van der Waals surface area contributed by atoms with Crippen LogP contribution >= 0.6 is 0 Å². The number of rotatable bonds is 4. The third-order valence-corrected chi connectivity index (χ3v) is 2.63. The van der Waals surface area contributed by atoms with Crippen LogP contribution in [0, 0.1) is 0 Å². The van der Waals surface area contributed by atoms with Crippen LogP contribution in [-0.4, -0.2) is 44.6 Å². The molecule has 8 nitrogen and oxygen atoms in total. The lowest BCUT2D eigenvalue weighted by Gasteiger charge is -2.08. The molecular formula is C12H10N2O6. The summed E-state index contributed by atoms with van der Waals surface area (Å²) in [5, 5.41) is 33.6. The normalized spacial score (nSPS) is 10.2. The van der Waals surface area contributed by atoms with Gasteiger partial charge in [0.25, 0.3) is 0 Å². The average Bonchev–Trinajstić information content (AvgIpc) is 2.88. The zero-order valence-corrected chi connectivity index (χ0v) is 10.2. The molecular weight excluding hydrogens is 268 g/mol. The van der Waals surface area contributed by atoms with Gasteiger partial charge >= 0.3 is 11.9 Å². The minimum Gasteiger partial charge on any atom is -0.504 e. The smallest absolute Gasteiger partial charge is 0.353 e. The lowest BCUT2D eigenvalue weighted by Crippen LogP contribution is -1.99. The van der Waals surface area contributed by atoms with E-state index in [1.54, 1.807) is 0 Å². The second-order valence-corrected chi connectivity index (χ2v) is 3.85. The van der Waals surface area contributed by atoms with E-state index in [0.717, 1.165) is 0 Å². The van der Waals surface area contributed by atoms with Gasteiger partial charge < -0.3 is 20.1 Å². The van der Waals surface area contributed by atoms with Gasteiger partial charge in [-0.1, -0.05) is 0 Å². The van der Waals surface area contributed by atoms with Crippen molar-refractivity contribution >= 4 is 11.9 Å². The number of aromatic hydroxyl groups is 1. The molecule has 0 aliphatic heterocycles. The van der Waals surface area contributed by atoms with Gasteiger partial charge in [0.2, 0.25) is 0 Å². The van der Waals surface area contributed by atoms with Crippen molar-refractivity contribution in [2.24, 2.45) is 0 Å². The molecule has 0 fully saturated rings. The Morgan fingerprint density at radius 1 is 1.20 bits per heavy atom. The molecule has 0 radical (unpaired) electrons. The molecule has 0 aliphatic rings. The van der Waals surface area contributed by atoms with E-state index in [9.17, 15) is 14.7 Å². The zero-order valence-electron chi connectivity index (χ0n) is 10.2. The fraction of sp³-hybridized carbons (Fsp3) is 0.0833. The molecule has 0 saturated heterocycles. The molecule has 0 amide bonds. The molecule has 4 N–H and O–H groups in total. The number of aromatic nitrogens is 2. The Hall–Kier alpha value is -3.03. The van der Waals surface area contributed by atoms with Gasteiger partial charge in [0.05, 0.1) is 12.8 Å². The largest absolute Gasteiger partial charge is 0.504 e. The van der Waals surface area contributed by atoms with E-state index in [-0.39, 0.29) is 22.7 Å². The first-order valence-electron chi connectivity index (χ1n) is 5.37. The van der Waals surface area contributed by atoms with Crippen molar-refractivity contribution in [2.45, 2.75) is 0 Å². The van der Waals surface area contributed by atoms with Crippen molar-refractivity contribution in [2.75, 3.05) is 7.11 Å². The van der Waals surface area contributed by atoms with Crippen LogP contribution in [0.25, 0.3) is 11.3 Å². The Morgan fingerprint density at radius 2 is 1.90 bits per heavy atom. The predicted molar refractivity (Wildman–Crippen MR) is 66.2 cm³/mol. The number of aromatic carboxylic acids is 2. The average molecular weight is 278 g/mol. The first-order chi connectivity index (χ1) is 9.43. The van der Waals surface area contributed by atoms with Gasteiger partial charge in [0.1, 0.15) is 11.3 Å². The van der Waals surface area contributed by atoms with Crippen molar-refractivity contribution in [1.29, 1.82) is 0 Å². The lowest BCUT2D eigenvalue weighted by atomic mass is 10.1. The number of carboxylic acids is 2. The van der Waals surface area contributed by atoms with Crippen LogP contribution < -0.4 is 4.74 Å². The standard InChI is InChI=1S/C12H10N2O6/c1-20-9-3-5(2-6(10(9)15)11(16)17)7-4-8(12(18)19)14-13-7/h2-4,15H,1H3,(H,13,14)(H,16,17)(H,18,19). The quantitative estimate of drug-likeness (QED) is 0.660. The maximum Gasteiger partial charge on any atom is 0.353 e. The molecule has 8 heteroatoms. The van der Waals surface area contributed by atoms with Crippen LogP contribution in [0.5, 0.6) is 11.5 Å². The highest BCUT2D eigenvalue weighted by Crippen LogP contribution is 2.35. The van der Waals surface area contributed by atoms with E-state index >= 15 is 0 Å². The van der Waals surface area contributed by atoms with Gasteiger partial charge in [0, 0.05) is 5.56 Å². The highest BCUT2D eigenvalue weighted by Gasteiger charge is 2.18. The molecule has 1 aromatic heterocycles. The molecule has 0 spiro atoms. The Morgan fingerprint density at radius 3 is 2.40 bits per heavy atom. The summed E-state index contributed by atoms with van der Waals surface area (Å²) in [4.78, 5) is 21.8. The summed E-state index contributed by atoms with van der Waals surface area (Å²) in [6.45, 7) is 0. The fourth-order valence-electron chi connectivity index (χ4n) is 1.65. The molecule has 104 valence electrons. The van der Waals surface area contributed by atoms with Gasteiger partial charge in [-0.15, -0.1) is 0 Å². The Balaban J connectivity index is 2.58. The third kappa shape index (κ3) is 2.26. The van der Waals surface area contributed by atoms with Gasteiger partial charge in [-0.25, -0.2) is 9.59 Å². The molecule has 0 atom stereocenters. The van der Waals surface area contributed by atoms with Gasteiger partial charge in [0.15, 0.2) is 11.5 Å². The number of carboxylic acid groups (broad SMARTS) is 2. The van der Waals surface area contributed by atoms with Gasteiger partial charge in [-0.2, -0.15) is 5.10 Å². The molecule has 1 heterocycles. The Kier molecular flexibility index (Phi) is 3.30. The number of ether oxygens (including phenoxy) is 1. The molecule has 0 unspecified atom stereocenters. The molecule has 2 rings (SSSR count). The third-order valence-electron chi connectivity index (χ3n) is 2.63. The van der Waals surface area contributed by atoms with Crippen LogP contribution in [0.1, 0.15) is 20.8 Å². The molecule has 2 aromatic rings. The van der Waals surface area contributed by atoms with Gasteiger partial charge in [-0.05, 0) is 18.2 Å². The van der Waals surface area contributed by atoms with Crippen molar-refractivity contribution in [3.05, 3.63) is 29.5 Å². The summed E-state index contributed by atoms with van der Waals surface area (Å²) in [5.41, 5.74) is 0.0344. The van der Waals surface area contributed by atoms with E-state index in [2.05, 4.69) is 10.2 Å². The zero-order chi connectivity index (χ0) is 14.9. The number of nitrogens with zero attached hydrogens (tertiary/aromatic N) is 1. The lowest BCUT2D eigenvalue weighted by molar-refractivity contribution is 0.0680. The number of hydrogen-bond donors (Lipinski definition) is 4. The van der Waals surface area contributed by atoms with E-state index in [1.807, 2.05) is 0 Å². The SMILES string of the molecule is COc1cc(-c2cc(C(=O)O)[nH]n2)cc(C(=O)O)c1O. The first kappa shape index (κ1) is 13.4. The highest BCUT2D eigenvalue weighted by molar-refractivity contribution is 5.94. The summed E-state index contributed by atoms with van der Waals surface area (Å²) < 4.78 is 4.88. The van der Waals surface area contributed by atoms with E-state index in [4.69, 9.17) is 14.9 Å². The number of H-pyrrole nitrogens is 1. The Bertz CT molecular complexity index is 691. The second-order valence-electron chi connectivity index (χ2n) is 3.85. The fourth-order valence-corrected chi connectivity index (χ4v) is 1.65.